The number of aryl methyl sites for hydroxylation is 2. The van der Waals surface area contributed by atoms with Gasteiger partial charge in [0.2, 0.25) is 5.95 Å². The normalized spacial score (nSPS) is 10.5. The van der Waals surface area contributed by atoms with Gasteiger partial charge < -0.3 is 10.6 Å². The average Bonchev–Trinajstić information content (AvgIpc) is 2.64. The van der Waals surface area contributed by atoms with E-state index in [0.29, 0.717) is 11.8 Å². The zero-order valence-corrected chi connectivity index (χ0v) is 14.3. The Morgan fingerprint density at radius 1 is 0.920 bits per heavy atom. The van der Waals surface area contributed by atoms with Gasteiger partial charge >= 0.3 is 0 Å². The Morgan fingerprint density at radius 2 is 1.60 bits per heavy atom. The molecule has 6 heteroatoms. The van der Waals surface area contributed by atoms with E-state index in [-0.39, 0.29) is 5.82 Å². The third-order valence-electron chi connectivity index (χ3n) is 3.91. The Kier molecular flexibility index (Phi) is 5.18. The first-order valence-electron chi connectivity index (χ1n) is 8.29. The number of hydrogen-bond acceptors (Lipinski definition) is 5. The second-order valence-corrected chi connectivity index (χ2v) is 5.58. The van der Waals surface area contributed by atoms with Gasteiger partial charge in [-0.05, 0) is 48.2 Å². The fraction of sp³-hybridized carbons (Fsp3) is 0.211. The molecule has 0 aliphatic carbocycles. The van der Waals surface area contributed by atoms with Crippen molar-refractivity contribution in [2.45, 2.75) is 26.7 Å². The number of aromatic nitrogens is 3. The maximum Gasteiger partial charge on any atom is 0.249 e. The van der Waals surface area contributed by atoms with Gasteiger partial charge in [0.15, 0.2) is 5.82 Å². The largest absolute Gasteiger partial charge is 0.339 e. The van der Waals surface area contributed by atoms with E-state index in [2.05, 4.69) is 57.9 Å². The quantitative estimate of drug-likeness (QED) is 0.687. The van der Waals surface area contributed by atoms with Gasteiger partial charge in [0.1, 0.15) is 5.82 Å². The second kappa shape index (κ2) is 7.70. The van der Waals surface area contributed by atoms with Crippen LogP contribution in [0.3, 0.4) is 0 Å². The summed E-state index contributed by atoms with van der Waals surface area (Å²) in [5.41, 5.74) is 4.18. The summed E-state index contributed by atoms with van der Waals surface area (Å²) in [5.74, 6) is 0.677. The SMILES string of the molecule is CCc1cccc(CC)c1Nc1nncc(Nc2ccc(F)cc2)n1. The smallest absolute Gasteiger partial charge is 0.249 e. The molecular weight excluding hydrogens is 317 g/mol. The molecule has 1 aromatic heterocycles. The van der Waals surface area contributed by atoms with E-state index in [1.54, 1.807) is 12.1 Å². The summed E-state index contributed by atoms with van der Waals surface area (Å²) >= 11 is 0. The summed E-state index contributed by atoms with van der Waals surface area (Å²) in [6.07, 6.45) is 3.36. The minimum Gasteiger partial charge on any atom is -0.339 e. The zero-order chi connectivity index (χ0) is 17.6. The van der Waals surface area contributed by atoms with Crippen molar-refractivity contribution in [2.24, 2.45) is 0 Å². The van der Waals surface area contributed by atoms with Gasteiger partial charge in [-0.3, -0.25) is 0 Å². The maximum atomic E-state index is 13.0. The van der Waals surface area contributed by atoms with Gasteiger partial charge in [-0.25, -0.2) is 4.39 Å². The van der Waals surface area contributed by atoms with Gasteiger partial charge in [-0.1, -0.05) is 32.0 Å². The van der Waals surface area contributed by atoms with Gasteiger partial charge in [0, 0.05) is 11.4 Å². The Labute approximate surface area is 146 Å². The number of hydrogen-bond donors (Lipinski definition) is 2. The van der Waals surface area contributed by atoms with Crippen LogP contribution in [0.4, 0.5) is 27.5 Å². The summed E-state index contributed by atoms with van der Waals surface area (Å²) in [5, 5.41) is 14.5. The van der Waals surface area contributed by atoms with Gasteiger partial charge in [-0.2, -0.15) is 10.1 Å². The first-order chi connectivity index (χ1) is 12.2. The molecule has 0 atom stereocenters. The molecule has 3 rings (SSSR count). The van der Waals surface area contributed by atoms with Crippen LogP contribution in [0.25, 0.3) is 0 Å². The lowest BCUT2D eigenvalue weighted by molar-refractivity contribution is 0.628. The standard InChI is InChI=1S/C19H20FN5/c1-3-13-6-5-7-14(4-2)18(13)24-19-23-17(12-21-25-19)22-16-10-8-15(20)9-11-16/h5-12H,3-4H2,1-2H3,(H2,22,23,24,25). The van der Waals surface area contributed by atoms with E-state index >= 15 is 0 Å². The van der Waals surface area contributed by atoms with Crippen LogP contribution in [0.5, 0.6) is 0 Å². The highest BCUT2D eigenvalue weighted by atomic mass is 19.1. The summed E-state index contributed by atoms with van der Waals surface area (Å²) < 4.78 is 13.0. The van der Waals surface area contributed by atoms with E-state index in [9.17, 15) is 4.39 Å². The molecule has 25 heavy (non-hydrogen) atoms. The van der Waals surface area contributed by atoms with Gasteiger partial charge in [0.25, 0.3) is 0 Å². The van der Waals surface area contributed by atoms with Crippen LogP contribution in [0.2, 0.25) is 0 Å². The Balaban J connectivity index is 1.84. The van der Waals surface area contributed by atoms with Crippen molar-refractivity contribution in [1.29, 1.82) is 0 Å². The second-order valence-electron chi connectivity index (χ2n) is 5.58. The topological polar surface area (TPSA) is 62.7 Å². The third-order valence-corrected chi connectivity index (χ3v) is 3.91. The molecule has 0 unspecified atom stereocenters. The Hall–Kier alpha value is -3.02. The molecule has 0 aliphatic rings. The average molecular weight is 337 g/mol. The minimum atomic E-state index is -0.281. The first-order valence-corrected chi connectivity index (χ1v) is 8.29. The van der Waals surface area contributed by atoms with Crippen LogP contribution >= 0.6 is 0 Å². The summed E-state index contributed by atoms with van der Waals surface area (Å²) in [4.78, 5) is 4.45. The van der Waals surface area contributed by atoms with Gasteiger partial charge in [0.05, 0.1) is 6.20 Å². The number of halogens is 1. The molecular formula is C19H20FN5. The van der Waals surface area contributed by atoms with Crippen LogP contribution in [0.15, 0.2) is 48.7 Å². The van der Waals surface area contributed by atoms with E-state index in [0.717, 1.165) is 24.2 Å². The highest BCUT2D eigenvalue weighted by Crippen LogP contribution is 2.25. The number of benzene rings is 2. The number of anilines is 4. The minimum absolute atomic E-state index is 0.281. The molecule has 2 N–H and O–H groups in total. The number of para-hydroxylation sites is 1. The lowest BCUT2D eigenvalue weighted by Gasteiger charge is -2.14. The van der Waals surface area contributed by atoms with Crippen LogP contribution in [0, 0.1) is 5.82 Å². The van der Waals surface area contributed by atoms with Crippen LogP contribution in [-0.2, 0) is 12.8 Å². The molecule has 5 nitrogen and oxygen atoms in total. The molecule has 0 saturated heterocycles. The summed E-state index contributed by atoms with van der Waals surface area (Å²) in [6, 6.07) is 12.3. The Bertz CT molecular complexity index is 826. The van der Waals surface area contributed by atoms with Crippen molar-refractivity contribution in [3.05, 3.63) is 65.6 Å². The van der Waals surface area contributed by atoms with E-state index < -0.39 is 0 Å². The lowest BCUT2D eigenvalue weighted by Crippen LogP contribution is -2.05. The molecule has 0 fully saturated rings. The monoisotopic (exact) mass is 337 g/mol. The van der Waals surface area contributed by atoms with Crippen molar-refractivity contribution in [3.8, 4) is 0 Å². The fourth-order valence-electron chi connectivity index (χ4n) is 2.61. The highest BCUT2D eigenvalue weighted by molar-refractivity contribution is 5.64. The fourth-order valence-corrected chi connectivity index (χ4v) is 2.61. The molecule has 128 valence electrons. The van der Waals surface area contributed by atoms with Crippen molar-refractivity contribution in [3.63, 3.8) is 0 Å². The molecule has 0 saturated carbocycles. The lowest BCUT2D eigenvalue weighted by atomic mass is 10.0. The molecule has 0 aliphatic heterocycles. The zero-order valence-electron chi connectivity index (χ0n) is 14.3. The highest BCUT2D eigenvalue weighted by Gasteiger charge is 2.09. The van der Waals surface area contributed by atoms with Crippen molar-refractivity contribution < 1.29 is 4.39 Å². The van der Waals surface area contributed by atoms with Crippen molar-refractivity contribution >= 4 is 23.1 Å². The van der Waals surface area contributed by atoms with Crippen LogP contribution in [0.1, 0.15) is 25.0 Å². The van der Waals surface area contributed by atoms with Crippen molar-refractivity contribution in [1.82, 2.24) is 15.2 Å². The molecule has 0 bridgehead atoms. The van der Waals surface area contributed by atoms with E-state index in [4.69, 9.17) is 0 Å². The third kappa shape index (κ3) is 4.09. The molecule has 0 spiro atoms. The maximum absolute atomic E-state index is 13.0. The molecule has 1 heterocycles. The number of rotatable bonds is 6. The molecule has 2 aromatic carbocycles. The van der Waals surface area contributed by atoms with E-state index in [1.807, 2.05) is 0 Å². The van der Waals surface area contributed by atoms with Crippen LogP contribution in [-0.4, -0.2) is 15.2 Å². The number of nitrogens with one attached hydrogen (secondary N) is 2. The molecule has 0 amide bonds. The van der Waals surface area contributed by atoms with Gasteiger partial charge in [-0.15, -0.1) is 5.10 Å². The summed E-state index contributed by atoms with van der Waals surface area (Å²) in [7, 11) is 0. The Morgan fingerprint density at radius 3 is 2.24 bits per heavy atom. The van der Waals surface area contributed by atoms with E-state index in [1.165, 1.54) is 29.5 Å². The number of nitrogens with zero attached hydrogens (tertiary/aromatic N) is 3. The van der Waals surface area contributed by atoms with Crippen LogP contribution < -0.4 is 10.6 Å². The predicted molar refractivity (Wildman–Crippen MR) is 98.0 cm³/mol. The summed E-state index contributed by atoms with van der Waals surface area (Å²) in [6.45, 7) is 4.23. The van der Waals surface area contributed by atoms with Crippen molar-refractivity contribution in [2.75, 3.05) is 10.6 Å². The molecule has 0 radical (unpaired) electrons. The first kappa shape index (κ1) is 16.8. The predicted octanol–water partition coefficient (Wildman–Crippen LogP) is 4.62. The molecule has 3 aromatic rings.